The molecule has 138 valence electrons. The van der Waals surface area contributed by atoms with E-state index < -0.39 is 6.36 Å². The minimum Gasteiger partial charge on any atom is -0.406 e. The van der Waals surface area contributed by atoms with Gasteiger partial charge in [0.25, 0.3) is 0 Å². The SMILES string of the molecule is CC1CN(c2ncc(C=O)cn2)CCN1c1ccc(OC(F)(F)F)cc1. The summed E-state index contributed by atoms with van der Waals surface area (Å²) >= 11 is 0. The van der Waals surface area contributed by atoms with Crippen molar-refractivity contribution in [2.45, 2.75) is 19.3 Å². The van der Waals surface area contributed by atoms with Gasteiger partial charge in [0.05, 0.1) is 5.56 Å². The van der Waals surface area contributed by atoms with Crippen LogP contribution in [0.15, 0.2) is 36.7 Å². The molecular weight excluding hydrogens is 349 g/mol. The number of hydrogen-bond donors (Lipinski definition) is 0. The Hall–Kier alpha value is -2.84. The third-order valence-corrected chi connectivity index (χ3v) is 4.11. The number of piperazine rings is 1. The predicted octanol–water partition coefficient (Wildman–Crippen LogP) is 2.90. The Balaban J connectivity index is 1.65. The van der Waals surface area contributed by atoms with E-state index in [0.717, 1.165) is 5.69 Å². The summed E-state index contributed by atoms with van der Waals surface area (Å²) in [6.07, 6.45) is -1.05. The van der Waals surface area contributed by atoms with Crippen molar-refractivity contribution in [2.24, 2.45) is 0 Å². The maximum atomic E-state index is 12.2. The molecule has 0 radical (unpaired) electrons. The van der Waals surface area contributed by atoms with Gasteiger partial charge in [-0.2, -0.15) is 0 Å². The summed E-state index contributed by atoms with van der Waals surface area (Å²) in [6, 6.07) is 5.95. The third-order valence-electron chi connectivity index (χ3n) is 4.11. The number of carbonyl (C=O) groups is 1. The fourth-order valence-electron chi connectivity index (χ4n) is 2.92. The number of aldehydes is 1. The lowest BCUT2D eigenvalue weighted by atomic mass is 10.1. The van der Waals surface area contributed by atoms with Crippen molar-refractivity contribution in [3.63, 3.8) is 0 Å². The molecule has 3 rings (SSSR count). The van der Waals surface area contributed by atoms with E-state index in [2.05, 4.69) is 19.6 Å². The quantitative estimate of drug-likeness (QED) is 0.776. The Morgan fingerprint density at radius 2 is 1.81 bits per heavy atom. The van der Waals surface area contributed by atoms with Crippen LogP contribution in [0.5, 0.6) is 5.75 Å². The van der Waals surface area contributed by atoms with Gasteiger partial charge in [-0.1, -0.05) is 0 Å². The van der Waals surface area contributed by atoms with Gasteiger partial charge in [0.2, 0.25) is 5.95 Å². The third kappa shape index (κ3) is 4.22. The molecule has 0 N–H and O–H groups in total. The topological polar surface area (TPSA) is 58.6 Å². The molecule has 1 atom stereocenters. The van der Waals surface area contributed by atoms with Gasteiger partial charge in [-0.05, 0) is 31.2 Å². The van der Waals surface area contributed by atoms with E-state index >= 15 is 0 Å². The molecule has 1 aliphatic heterocycles. The lowest BCUT2D eigenvalue weighted by Crippen LogP contribution is -2.52. The molecule has 9 heteroatoms. The number of rotatable bonds is 4. The van der Waals surface area contributed by atoms with Crippen molar-refractivity contribution >= 4 is 17.9 Å². The van der Waals surface area contributed by atoms with Gasteiger partial charge < -0.3 is 14.5 Å². The van der Waals surface area contributed by atoms with Crippen LogP contribution in [0.4, 0.5) is 24.8 Å². The lowest BCUT2D eigenvalue weighted by molar-refractivity contribution is -0.274. The summed E-state index contributed by atoms with van der Waals surface area (Å²) in [5.41, 5.74) is 1.24. The van der Waals surface area contributed by atoms with E-state index in [4.69, 9.17) is 0 Å². The minimum atomic E-state index is -4.69. The van der Waals surface area contributed by atoms with Crippen molar-refractivity contribution in [1.29, 1.82) is 0 Å². The van der Waals surface area contributed by atoms with Crippen molar-refractivity contribution in [1.82, 2.24) is 9.97 Å². The highest BCUT2D eigenvalue weighted by molar-refractivity contribution is 5.73. The van der Waals surface area contributed by atoms with Crippen LogP contribution in [-0.4, -0.2) is 48.3 Å². The summed E-state index contributed by atoms with van der Waals surface area (Å²) in [6.45, 7) is 4.00. The monoisotopic (exact) mass is 366 g/mol. The highest BCUT2D eigenvalue weighted by Crippen LogP contribution is 2.27. The van der Waals surface area contributed by atoms with Gasteiger partial charge in [0.1, 0.15) is 5.75 Å². The Morgan fingerprint density at radius 1 is 1.15 bits per heavy atom. The molecule has 0 aliphatic carbocycles. The molecule has 0 spiro atoms. The highest BCUT2D eigenvalue weighted by atomic mass is 19.4. The van der Waals surface area contributed by atoms with E-state index in [1.54, 1.807) is 12.1 Å². The summed E-state index contributed by atoms with van der Waals surface area (Å²) in [5, 5.41) is 0. The highest BCUT2D eigenvalue weighted by Gasteiger charge is 2.31. The lowest BCUT2D eigenvalue weighted by Gasteiger charge is -2.41. The van der Waals surface area contributed by atoms with E-state index in [9.17, 15) is 18.0 Å². The number of ether oxygens (including phenoxy) is 1. The Kier molecular flexibility index (Phi) is 4.97. The maximum absolute atomic E-state index is 12.2. The van der Waals surface area contributed by atoms with Crippen LogP contribution in [-0.2, 0) is 0 Å². The standard InChI is InChI=1S/C17H17F3N4O2/c1-12-10-23(16-21-8-13(11-25)9-22-16)6-7-24(12)14-2-4-15(5-3-14)26-17(18,19)20/h2-5,8-9,11-12H,6-7,10H2,1H3. The minimum absolute atomic E-state index is 0.104. The summed E-state index contributed by atoms with van der Waals surface area (Å²) in [7, 11) is 0. The fraction of sp³-hybridized carbons (Fsp3) is 0.353. The predicted molar refractivity (Wildman–Crippen MR) is 89.6 cm³/mol. The molecule has 1 aliphatic rings. The first-order valence-corrected chi connectivity index (χ1v) is 8.00. The molecule has 26 heavy (non-hydrogen) atoms. The zero-order valence-corrected chi connectivity index (χ0v) is 14.0. The number of hydrogen-bond acceptors (Lipinski definition) is 6. The molecule has 1 unspecified atom stereocenters. The normalized spacial score (nSPS) is 17.9. The molecule has 0 amide bonds. The van der Waals surface area contributed by atoms with Crippen LogP contribution in [0.25, 0.3) is 0 Å². The second-order valence-corrected chi connectivity index (χ2v) is 5.96. The van der Waals surface area contributed by atoms with Gasteiger partial charge in [0.15, 0.2) is 6.29 Å². The molecule has 2 heterocycles. The smallest absolute Gasteiger partial charge is 0.406 e. The van der Waals surface area contributed by atoms with Crippen LogP contribution in [0.2, 0.25) is 0 Å². The van der Waals surface area contributed by atoms with Crippen molar-refractivity contribution in [3.05, 3.63) is 42.2 Å². The number of alkyl halides is 3. The van der Waals surface area contributed by atoms with E-state index in [1.807, 2.05) is 11.8 Å². The molecule has 0 saturated carbocycles. The Bertz CT molecular complexity index is 750. The van der Waals surface area contributed by atoms with E-state index in [1.165, 1.54) is 24.5 Å². The molecule has 0 bridgehead atoms. The van der Waals surface area contributed by atoms with Crippen molar-refractivity contribution in [2.75, 3.05) is 29.4 Å². The maximum Gasteiger partial charge on any atom is 0.573 e. The zero-order chi connectivity index (χ0) is 18.7. The number of carbonyl (C=O) groups excluding carboxylic acids is 1. The van der Waals surface area contributed by atoms with Gasteiger partial charge in [-0.15, -0.1) is 13.2 Å². The molecule has 1 aromatic heterocycles. The first kappa shape index (κ1) is 18.0. The number of nitrogens with zero attached hydrogens (tertiary/aromatic N) is 4. The van der Waals surface area contributed by atoms with Crippen LogP contribution in [0.1, 0.15) is 17.3 Å². The largest absolute Gasteiger partial charge is 0.573 e. The molecule has 1 saturated heterocycles. The van der Waals surface area contributed by atoms with Crippen LogP contribution >= 0.6 is 0 Å². The fourth-order valence-corrected chi connectivity index (χ4v) is 2.92. The van der Waals surface area contributed by atoms with Crippen LogP contribution in [0, 0.1) is 0 Å². The molecule has 1 aromatic carbocycles. The summed E-state index contributed by atoms with van der Waals surface area (Å²) < 4.78 is 40.6. The molecule has 1 fully saturated rings. The molecular formula is C17H17F3N4O2. The summed E-state index contributed by atoms with van der Waals surface area (Å²) in [4.78, 5) is 23.2. The first-order valence-electron chi connectivity index (χ1n) is 8.00. The average Bonchev–Trinajstić information content (AvgIpc) is 2.61. The van der Waals surface area contributed by atoms with Crippen LogP contribution < -0.4 is 14.5 Å². The zero-order valence-electron chi connectivity index (χ0n) is 14.0. The van der Waals surface area contributed by atoms with Crippen molar-refractivity contribution < 1.29 is 22.7 Å². The summed E-state index contributed by atoms with van der Waals surface area (Å²) in [5.74, 6) is 0.312. The second-order valence-electron chi connectivity index (χ2n) is 5.96. The van der Waals surface area contributed by atoms with E-state index in [0.29, 0.717) is 37.4 Å². The van der Waals surface area contributed by atoms with Gasteiger partial charge >= 0.3 is 6.36 Å². The Labute approximate surface area is 148 Å². The van der Waals surface area contributed by atoms with Gasteiger partial charge in [0, 0.05) is 43.8 Å². The Morgan fingerprint density at radius 3 is 2.35 bits per heavy atom. The average molecular weight is 366 g/mol. The van der Waals surface area contributed by atoms with Crippen molar-refractivity contribution in [3.8, 4) is 5.75 Å². The molecule has 2 aromatic rings. The van der Waals surface area contributed by atoms with Gasteiger partial charge in [-0.3, -0.25) is 4.79 Å². The first-order chi connectivity index (χ1) is 12.4. The number of anilines is 2. The molecule has 6 nitrogen and oxygen atoms in total. The second kappa shape index (κ2) is 7.19. The van der Waals surface area contributed by atoms with Gasteiger partial charge in [-0.25, -0.2) is 9.97 Å². The van der Waals surface area contributed by atoms with Crippen LogP contribution in [0.3, 0.4) is 0 Å². The number of aromatic nitrogens is 2. The van der Waals surface area contributed by atoms with E-state index in [-0.39, 0.29) is 11.8 Å². The number of benzene rings is 1. The number of halogens is 3.